The molecular weight excluding hydrogens is 256 g/mol. The fourth-order valence-corrected chi connectivity index (χ4v) is 1.85. The molecule has 0 bridgehead atoms. The molecule has 1 heterocycles. The lowest BCUT2D eigenvalue weighted by molar-refractivity contribution is -0.140. The number of benzene rings is 1. The van der Waals surface area contributed by atoms with Gasteiger partial charge in [0.25, 0.3) is 5.91 Å². The van der Waals surface area contributed by atoms with Gasteiger partial charge in [-0.05, 0) is 18.2 Å². The smallest absolute Gasteiger partial charge is 0.251 e. The Morgan fingerprint density at radius 1 is 1.44 bits per heavy atom. The molecule has 0 aromatic heterocycles. The van der Waals surface area contributed by atoms with E-state index in [2.05, 4.69) is 5.32 Å². The summed E-state index contributed by atoms with van der Waals surface area (Å²) >= 11 is 5.77. The molecular formula is C12H13ClN2O3. The molecule has 0 atom stereocenters. The average Bonchev–Trinajstić information content (AvgIpc) is 2.31. The van der Waals surface area contributed by atoms with Gasteiger partial charge in [-0.2, -0.15) is 0 Å². The predicted octanol–water partition coefficient (Wildman–Crippen LogP) is 0.273. The second kappa shape index (κ2) is 5.37. The molecule has 1 aliphatic heterocycles. The Bertz CT molecular complexity index is 472. The molecule has 1 saturated heterocycles. The van der Waals surface area contributed by atoms with Crippen LogP contribution in [0.3, 0.4) is 0 Å². The van der Waals surface area contributed by atoms with Crippen molar-refractivity contribution < 1.29 is 14.7 Å². The second-order valence-corrected chi connectivity index (χ2v) is 4.58. The van der Waals surface area contributed by atoms with E-state index >= 15 is 0 Å². The Morgan fingerprint density at radius 2 is 2.17 bits per heavy atom. The van der Waals surface area contributed by atoms with Crippen LogP contribution >= 0.6 is 11.6 Å². The molecule has 0 saturated carbocycles. The van der Waals surface area contributed by atoms with Gasteiger partial charge in [0.1, 0.15) is 0 Å². The summed E-state index contributed by atoms with van der Waals surface area (Å²) in [6.45, 7) is 0.607. The highest BCUT2D eigenvalue weighted by atomic mass is 35.5. The van der Waals surface area contributed by atoms with Crippen molar-refractivity contribution in [3.05, 3.63) is 34.9 Å². The summed E-state index contributed by atoms with van der Waals surface area (Å²) < 4.78 is 0. The van der Waals surface area contributed by atoms with E-state index in [0.29, 0.717) is 23.7 Å². The number of nitrogens with zero attached hydrogens (tertiary/aromatic N) is 1. The lowest BCUT2D eigenvalue weighted by Crippen LogP contribution is -2.55. The first kappa shape index (κ1) is 12.9. The summed E-state index contributed by atoms with van der Waals surface area (Å²) in [5, 5.41) is 12.0. The Hall–Kier alpha value is -1.59. The van der Waals surface area contributed by atoms with Crippen LogP contribution in [0.25, 0.3) is 0 Å². The fourth-order valence-electron chi connectivity index (χ4n) is 1.66. The number of halogens is 1. The van der Waals surface area contributed by atoms with Crippen LogP contribution in [0.1, 0.15) is 10.4 Å². The third kappa shape index (κ3) is 3.00. The number of carbonyl (C=O) groups is 2. The number of hydrogen-bond donors (Lipinski definition) is 2. The van der Waals surface area contributed by atoms with Crippen LogP contribution in [0.15, 0.2) is 24.3 Å². The Kier molecular flexibility index (Phi) is 3.84. The maximum Gasteiger partial charge on any atom is 0.251 e. The molecule has 1 fully saturated rings. The minimum atomic E-state index is -0.433. The van der Waals surface area contributed by atoms with Crippen molar-refractivity contribution in [1.29, 1.82) is 0 Å². The van der Waals surface area contributed by atoms with Crippen molar-refractivity contribution in [3.8, 4) is 0 Å². The average molecular weight is 269 g/mol. The normalized spacial score (nSPS) is 15.1. The van der Waals surface area contributed by atoms with E-state index in [1.54, 1.807) is 18.2 Å². The van der Waals surface area contributed by atoms with Crippen molar-refractivity contribution in [1.82, 2.24) is 10.2 Å². The monoisotopic (exact) mass is 268 g/mol. The van der Waals surface area contributed by atoms with Gasteiger partial charge in [-0.15, -0.1) is 0 Å². The summed E-state index contributed by atoms with van der Waals surface area (Å²) in [5.74, 6) is -0.539. The minimum absolute atomic E-state index is 0.0714. The number of rotatable bonds is 3. The van der Waals surface area contributed by atoms with Gasteiger partial charge in [0, 0.05) is 23.7 Å². The standard InChI is InChI=1S/C12H13ClN2O3/c13-9-3-1-2-8(4-9)12(18)14-5-11(17)15-6-10(16)7-15/h1-4,10,16H,5-7H2,(H,14,18). The highest BCUT2D eigenvalue weighted by molar-refractivity contribution is 6.30. The van der Waals surface area contributed by atoms with Gasteiger partial charge in [0.15, 0.2) is 0 Å². The van der Waals surface area contributed by atoms with E-state index in [-0.39, 0.29) is 18.4 Å². The molecule has 6 heteroatoms. The molecule has 2 amide bonds. The number of carbonyl (C=O) groups excluding carboxylic acids is 2. The maximum absolute atomic E-state index is 11.7. The van der Waals surface area contributed by atoms with Crippen LogP contribution in [0.2, 0.25) is 5.02 Å². The van der Waals surface area contributed by atoms with Crippen LogP contribution in [0.5, 0.6) is 0 Å². The highest BCUT2D eigenvalue weighted by Crippen LogP contribution is 2.10. The fraction of sp³-hybridized carbons (Fsp3) is 0.333. The van der Waals surface area contributed by atoms with Gasteiger partial charge in [0.05, 0.1) is 12.6 Å². The van der Waals surface area contributed by atoms with Crippen molar-refractivity contribution in [2.75, 3.05) is 19.6 Å². The number of amides is 2. The van der Waals surface area contributed by atoms with E-state index in [4.69, 9.17) is 16.7 Å². The lowest BCUT2D eigenvalue weighted by Gasteiger charge is -2.35. The second-order valence-electron chi connectivity index (χ2n) is 4.15. The van der Waals surface area contributed by atoms with Crippen LogP contribution in [-0.4, -0.2) is 47.6 Å². The van der Waals surface area contributed by atoms with Crippen molar-refractivity contribution in [2.45, 2.75) is 6.10 Å². The van der Waals surface area contributed by atoms with Gasteiger partial charge in [-0.3, -0.25) is 9.59 Å². The molecule has 1 aromatic carbocycles. The van der Waals surface area contributed by atoms with E-state index < -0.39 is 6.10 Å². The SMILES string of the molecule is O=C(NCC(=O)N1CC(O)C1)c1cccc(Cl)c1. The molecule has 0 radical (unpaired) electrons. The van der Waals surface area contributed by atoms with Gasteiger partial charge in [-0.1, -0.05) is 17.7 Å². The number of hydrogen-bond acceptors (Lipinski definition) is 3. The molecule has 2 rings (SSSR count). The van der Waals surface area contributed by atoms with E-state index in [1.165, 1.54) is 11.0 Å². The summed E-state index contributed by atoms with van der Waals surface area (Å²) in [6.07, 6.45) is -0.433. The summed E-state index contributed by atoms with van der Waals surface area (Å²) in [4.78, 5) is 24.7. The first-order valence-corrected chi connectivity index (χ1v) is 5.93. The summed E-state index contributed by atoms with van der Waals surface area (Å²) in [5.41, 5.74) is 0.416. The van der Waals surface area contributed by atoms with Gasteiger partial charge >= 0.3 is 0 Å². The largest absolute Gasteiger partial charge is 0.389 e. The Morgan fingerprint density at radius 3 is 2.78 bits per heavy atom. The zero-order valence-electron chi connectivity index (χ0n) is 9.60. The summed E-state index contributed by atoms with van der Waals surface area (Å²) in [6, 6.07) is 6.50. The van der Waals surface area contributed by atoms with E-state index in [1.807, 2.05) is 0 Å². The predicted molar refractivity (Wildman–Crippen MR) is 66.4 cm³/mol. The van der Waals surface area contributed by atoms with E-state index in [9.17, 15) is 9.59 Å². The zero-order chi connectivity index (χ0) is 13.1. The maximum atomic E-state index is 11.7. The number of likely N-dealkylation sites (tertiary alicyclic amines) is 1. The molecule has 96 valence electrons. The molecule has 2 N–H and O–H groups in total. The molecule has 0 spiro atoms. The molecule has 1 aliphatic rings. The van der Waals surface area contributed by atoms with Crippen LogP contribution in [0.4, 0.5) is 0 Å². The topological polar surface area (TPSA) is 69.6 Å². The third-order valence-corrected chi connectivity index (χ3v) is 2.94. The van der Waals surface area contributed by atoms with Crippen molar-refractivity contribution in [3.63, 3.8) is 0 Å². The Labute approximate surface area is 109 Å². The van der Waals surface area contributed by atoms with Crippen LogP contribution in [-0.2, 0) is 4.79 Å². The highest BCUT2D eigenvalue weighted by Gasteiger charge is 2.28. The quantitative estimate of drug-likeness (QED) is 0.827. The van der Waals surface area contributed by atoms with Crippen molar-refractivity contribution in [2.24, 2.45) is 0 Å². The number of β-amino-alcohol motifs (C(OH)–C–C–N with tert-alkyl or cyclic N) is 1. The molecule has 18 heavy (non-hydrogen) atoms. The molecule has 1 aromatic rings. The third-order valence-electron chi connectivity index (χ3n) is 2.70. The number of nitrogens with one attached hydrogen (secondary N) is 1. The Balaban J connectivity index is 1.83. The van der Waals surface area contributed by atoms with Crippen LogP contribution < -0.4 is 5.32 Å². The summed E-state index contributed by atoms with van der Waals surface area (Å²) in [7, 11) is 0. The van der Waals surface area contributed by atoms with Gasteiger partial charge in [-0.25, -0.2) is 0 Å². The van der Waals surface area contributed by atoms with Gasteiger partial charge < -0.3 is 15.3 Å². The minimum Gasteiger partial charge on any atom is -0.389 e. The first-order chi connectivity index (χ1) is 8.56. The first-order valence-electron chi connectivity index (χ1n) is 5.56. The van der Waals surface area contributed by atoms with E-state index in [0.717, 1.165) is 0 Å². The molecule has 0 unspecified atom stereocenters. The van der Waals surface area contributed by atoms with Gasteiger partial charge in [0.2, 0.25) is 5.91 Å². The number of aliphatic hydroxyl groups excluding tert-OH is 1. The van der Waals surface area contributed by atoms with Crippen LogP contribution in [0, 0.1) is 0 Å². The number of aliphatic hydroxyl groups is 1. The lowest BCUT2D eigenvalue weighted by atomic mass is 10.1. The van der Waals surface area contributed by atoms with Crippen molar-refractivity contribution >= 4 is 23.4 Å². The zero-order valence-corrected chi connectivity index (χ0v) is 10.4. The molecule has 0 aliphatic carbocycles. The molecule has 5 nitrogen and oxygen atoms in total.